The van der Waals surface area contributed by atoms with Crippen LogP contribution in [-0.4, -0.2) is 16.2 Å². The molecule has 1 aromatic heterocycles. The lowest BCUT2D eigenvalue weighted by Crippen LogP contribution is -2.21. The molecule has 20 heavy (non-hydrogen) atoms. The minimum absolute atomic E-state index is 0.0526. The van der Waals surface area contributed by atoms with Crippen molar-refractivity contribution in [3.05, 3.63) is 52.3 Å². The largest absolute Gasteiger partial charge is 0.324 e. The molecule has 0 saturated heterocycles. The van der Waals surface area contributed by atoms with Crippen molar-refractivity contribution in [2.24, 2.45) is 5.73 Å². The van der Waals surface area contributed by atoms with E-state index < -0.39 is 6.03 Å². The zero-order valence-corrected chi connectivity index (χ0v) is 10.9. The minimum Gasteiger partial charge on any atom is -0.324 e. The van der Waals surface area contributed by atoms with Gasteiger partial charge < -0.3 is 11.1 Å². The fraction of sp³-hybridized carbons (Fsp3) is 0.154. The van der Waals surface area contributed by atoms with Gasteiger partial charge in [0.2, 0.25) is 0 Å². The Morgan fingerprint density at radius 2 is 1.90 bits per heavy atom. The maximum atomic E-state index is 11.7. The van der Waals surface area contributed by atoms with E-state index in [1.165, 1.54) is 12.1 Å². The van der Waals surface area contributed by atoms with Gasteiger partial charge in [-0.3, -0.25) is 10.1 Å². The summed E-state index contributed by atoms with van der Waals surface area (Å²) in [5.74, 6) is 0.259. The van der Waals surface area contributed by atoms with Gasteiger partial charge in [-0.05, 0) is 30.7 Å². The Balaban J connectivity index is 1.97. The van der Waals surface area contributed by atoms with Gasteiger partial charge >= 0.3 is 6.03 Å². The first kappa shape index (κ1) is 13.8. The summed E-state index contributed by atoms with van der Waals surface area (Å²) in [5, 5.41) is 11.0. The Kier molecular flexibility index (Phi) is 4.11. The van der Waals surface area contributed by atoms with Crippen LogP contribution in [0.2, 0.25) is 0 Å². The molecule has 0 aliphatic carbocycles. The molecule has 2 aromatic rings. The highest BCUT2D eigenvalue weighted by atomic mass is 16.2. The smallest absolute Gasteiger partial charge is 0.324 e. The zero-order chi connectivity index (χ0) is 14.5. The lowest BCUT2D eigenvalue weighted by Gasteiger charge is -2.09. The quantitative estimate of drug-likeness (QED) is 0.677. The first-order chi connectivity index (χ1) is 9.54. The van der Waals surface area contributed by atoms with Crippen LogP contribution in [0.1, 0.15) is 18.5 Å². The molecular weight excluding hydrogens is 258 g/mol. The van der Waals surface area contributed by atoms with Gasteiger partial charge in [-0.15, -0.1) is 0 Å². The van der Waals surface area contributed by atoms with E-state index in [0.29, 0.717) is 5.69 Å². The topological polar surface area (TPSA) is 113 Å². The first-order valence-corrected chi connectivity index (χ1v) is 6.04. The Morgan fingerprint density at radius 3 is 2.45 bits per heavy atom. The molecule has 0 aliphatic heterocycles. The van der Waals surface area contributed by atoms with Crippen LogP contribution in [0.5, 0.6) is 0 Å². The number of anilines is 2. The van der Waals surface area contributed by atoms with Crippen molar-refractivity contribution in [3.63, 3.8) is 0 Å². The third-order valence-corrected chi connectivity index (χ3v) is 2.62. The van der Waals surface area contributed by atoms with Crippen molar-refractivity contribution in [1.82, 2.24) is 10.2 Å². The maximum Gasteiger partial charge on any atom is 0.324 e. The average molecular weight is 273 g/mol. The third kappa shape index (κ3) is 3.66. The van der Waals surface area contributed by atoms with Crippen molar-refractivity contribution in [2.45, 2.75) is 13.0 Å². The van der Waals surface area contributed by atoms with E-state index in [9.17, 15) is 9.59 Å². The third-order valence-electron chi connectivity index (χ3n) is 2.62. The standard InChI is InChI=1S/C13H15N5O2/c1-8(14)9-2-4-10(5-3-9)15-13(20)16-11-6-7-12(19)18-17-11/h2-8H,14H2,1H3,(H,18,19)(H2,15,16,17,20). The number of aromatic nitrogens is 2. The molecule has 0 bridgehead atoms. The molecule has 104 valence electrons. The molecule has 2 amide bonds. The van der Waals surface area contributed by atoms with Crippen LogP contribution in [0.15, 0.2) is 41.2 Å². The molecule has 7 heteroatoms. The van der Waals surface area contributed by atoms with Gasteiger partial charge in [0.15, 0.2) is 5.82 Å². The molecule has 1 aromatic carbocycles. The number of hydrogen-bond donors (Lipinski definition) is 4. The van der Waals surface area contributed by atoms with Crippen molar-refractivity contribution >= 4 is 17.5 Å². The SMILES string of the molecule is CC(N)c1ccc(NC(=O)Nc2ccc(=O)[nH]n2)cc1. The van der Waals surface area contributed by atoms with Gasteiger partial charge in [-0.1, -0.05) is 12.1 Å². The summed E-state index contributed by atoms with van der Waals surface area (Å²) in [6.45, 7) is 1.89. The van der Waals surface area contributed by atoms with E-state index in [1.807, 2.05) is 19.1 Å². The number of nitrogens with zero attached hydrogens (tertiary/aromatic N) is 1. The summed E-state index contributed by atoms with van der Waals surface area (Å²) in [6.07, 6.45) is 0. The van der Waals surface area contributed by atoms with Crippen molar-refractivity contribution in [1.29, 1.82) is 0 Å². The monoisotopic (exact) mass is 273 g/mol. The van der Waals surface area contributed by atoms with Gasteiger partial charge in [0.25, 0.3) is 5.56 Å². The van der Waals surface area contributed by atoms with E-state index in [1.54, 1.807) is 12.1 Å². The number of hydrogen-bond acceptors (Lipinski definition) is 4. The van der Waals surface area contributed by atoms with E-state index in [2.05, 4.69) is 20.8 Å². The Hall–Kier alpha value is -2.67. The number of nitrogens with two attached hydrogens (primary N) is 1. The van der Waals surface area contributed by atoms with E-state index in [0.717, 1.165) is 5.56 Å². The average Bonchev–Trinajstić information content (AvgIpc) is 2.42. The van der Waals surface area contributed by atoms with Gasteiger partial charge in [0, 0.05) is 17.8 Å². The first-order valence-electron chi connectivity index (χ1n) is 6.04. The normalized spacial score (nSPS) is 11.7. The lowest BCUT2D eigenvalue weighted by molar-refractivity contribution is 0.262. The van der Waals surface area contributed by atoms with Crippen LogP contribution in [0.3, 0.4) is 0 Å². The van der Waals surface area contributed by atoms with Gasteiger partial charge in [0.05, 0.1) is 0 Å². The highest BCUT2D eigenvalue weighted by Crippen LogP contribution is 2.14. The Labute approximate surface area is 115 Å². The number of nitrogens with one attached hydrogen (secondary N) is 3. The molecule has 0 fully saturated rings. The summed E-state index contributed by atoms with van der Waals surface area (Å²) in [5.41, 5.74) is 7.03. The second kappa shape index (κ2) is 5.98. The van der Waals surface area contributed by atoms with Crippen LogP contribution in [-0.2, 0) is 0 Å². The van der Waals surface area contributed by atoms with Gasteiger partial charge in [-0.2, -0.15) is 5.10 Å². The number of rotatable bonds is 3. The van der Waals surface area contributed by atoms with Crippen molar-refractivity contribution in [2.75, 3.05) is 10.6 Å². The molecular formula is C13H15N5O2. The molecule has 1 unspecified atom stereocenters. The molecule has 0 saturated carbocycles. The zero-order valence-electron chi connectivity index (χ0n) is 10.9. The number of carbonyl (C=O) groups is 1. The molecule has 1 heterocycles. The summed E-state index contributed by atoms with van der Waals surface area (Å²) in [4.78, 5) is 22.5. The molecule has 5 N–H and O–H groups in total. The van der Waals surface area contributed by atoms with Gasteiger partial charge in [0.1, 0.15) is 0 Å². The maximum absolute atomic E-state index is 11.7. The van der Waals surface area contributed by atoms with Crippen molar-refractivity contribution < 1.29 is 4.79 Å². The fourth-order valence-corrected chi connectivity index (χ4v) is 1.56. The molecule has 0 spiro atoms. The number of carbonyl (C=O) groups excluding carboxylic acids is 1. The molecule has 1 atom stereocenters. The second-order valence-electron chi connectivity index (χ2n) is 4.30. The van der Waals surface area contributed by atoms with Crippen LogP contribution in [0.25, 0.3) is 0 Å². The minimum atomic E-state index is -0.446. The van der Waals surface area contributed by atoms with Gasteiger partial charge in [-0.25, -0.2) is 9.89 Å². The summed E-state index contributed by atoms with van der Waals surface area (Å²) in [7, 11) is 0. The van der Waals surface area contributed by atoms with Crippen LogP contribution in [0.4, 0.5) is 16.3 Å². The lowest BCUT2D eigenvalue weighted by atomic mass is 10.1. The number of amides is 2. The van der Waals surface area contributed by atoms with Crippen LogP contribution < -0.4 is 21.9 Å². The number of urea groups is 1. The number of benzene rings is 1. The molecule has 0 radical (unpaired) electrons. The second-order valence-corrected chi connectivity index (χ2v) is 4.30. The van der Waals surface area contributed by atoms with E-state index in [-0.39, 0.29) is 17.4 Å². The summed E-state index contributed by atoms with van der Waals surface area (Å²) >= 11 is 0. The highest BCUT2D eigenvalue weighted by molar-refractivity contribution is 5.99. The predicted octanol–water partition coefficient (Wildman–Crippen LogP) is 1.43. The van der Waals surface area contributed by atoms with Crippen molar-refractivity contribution in [3.8, 4) is 0 Å². The van der Waals surface area contributed by atoms with Crippen LogP contribution in [0, 0.1) is 0 Å². The fourth-order valence-electron chi connectivity index (χ4n) is 1.56. The molecule has 0 aliphatic rings. The Bertz CT molecular complexity index is 628. The summed E-state index contributed by atoms with van der Waals surface area (Å²) < 4.78 is 0. The number of H-pyrrole nitrogens is 1. The predicted molar refractivity (Wildman–Crippen MR) is 76.5 cm³/mol. The van der Waals surface area contributed by atoms with Crippen LogP contribution >= 0.6 is 0 Å². The summed E-state index contributed by atoms with van der Waals surface area (Å²) in [6, 6.07) is 9.41. The highest BCUT2D eigenvalue weighted by Gasteiger charge is 2.04. The molecule has 2 rings (SSSR count). The molecule has 7 nitrogen and oxygen atoms in total. The number of aromatic amines is 1. The van der Waals surface area contributed by atoms with E-state index in [4.69, 9.17) is 5.73 Å². The Morgan fingerprint density at radius 1 is 1.20 bits per heavy atom. The van der Waals surface area contributed by atoms with E-state index >= 15 is 0 Å².